The van der Waals surface area contributed by atoms with E-state index in [4.69, 9.17) is 10.5 Å². The fraction of sp³-hybridized carbons (Fsp3) is 0.286. The molecule has 2 rings (SSSR count). The van der Waals surface area contributed by atoms with Gasteiger partial charge < -0.3 is 15.8 Å². The number of aryl methyl sites for hydroxylation is 1. The summed E-state index contributed by atoms with van der Waals surface area (Å²) in [4.78, 5) is 17.7. The molecule has 8 heteroatoms. The van der Waals surface area contributed by atoms with Crippen molar-refractivity contribution in [3.8, 4) is 5.75 Å². The molecule has 0 amide bonds. The molecule has 0 radical (unpaired) electrons. The predicted molar refractivity (Wildman–Crippen MR) is 82.9 cm³/mol. The first kappa shape index (κ1) is 15.5. The third-order valence-corrected chi connectivity index (χ3v) is 3.08. The zero-order chi connectivity index (χ0) is 15.9. The average Bonchev–Trinajstić information content (AvgIpc) is 2.52. The molecule has 2 aromatic rings. The van der Waals surface area contributed by atoms with Crippen molar-refractivity contribution in [2.75, 3.05) is 24.7 Å². The Morgan fingerprint density at radius 1 is 1.36 bits per heavy atom. The lowest BCUT2D eigenvalue weighted by Crippen LogP contribution is -2.09. The monoisotopic (exact) mass is 303 g/mol. The molecule has 0 aliphatic carbocycles. The molecular formula is C14H17N5O3. The van der Waals surface area contributed by atoms with E-state index in [-0.39, 0.29) is 17.5 Å². The molecule has 0 aliphatic heterocycles. The second-order valence-corrected chi connectivity index (χ2v) is 4.60. The molecule has 0 saturated heterocycles. The Balaban J connectivity index is 1.81. The maximum atomic E-state index is 10.6. The molecule has 0 fully saturated rings. The lowest BCUT2D eigenvalue weighted by atomic mass is 10.1. The Labute approximate surface area is 127 Å². The number of nitrogens with zero attached hydrogens (tertiary/aromatic N) is 3. The highest BCUT2D eigenvalue weighted by Crippen LogP contribution is 2.18. The topological polar surface area (TPSA) is 116 Å². The third kappa shape index (κ3) is 4.05. The van der Waals surface area contributed by atoms with E-state index in [2.05, 4.69) is 15.3 Å². The number of anilines is 2. The van der Waals surface area contributed by atoms with E-state index in [9.17, 15) is 10.1 Å². The molecule has 8 nitrogen and oxygen atoms in total. The third-order valence-electron chi connectivity index (χ3n) is 3.08. The highest BCUT2D eigenvalue weighted by molar-refractivity contribution is 5.53. The lowest BCUT2D eigenvalue weighted by molar-refractivity contribution is -0.384. The summed E-state index contributed by atoms with van der Waals surface area (Å²) in [5.41, 5.74) is 6.41. The summed E-state index contributed by atoms with van der Waals surface area (Å²) in [7, 11) is 1.63. The minimum absolute atomic E-state index is 0.141. The van der Waals surface area contributed by atoms with E-state index in [0.29, 0.717) is 6.54 Å². The van der Waals surface area contributed by atoms with Gasteiger partial charge >= 0.3 is 5.69 Å². The number of nitrogens with one attached hydrogen (secondary N) is 1. The molecule has 1 heterocycles. The highest BCUT2D eigenvalue weighted by Gasteiger charge is 2.13. The molecule has 0 spiro atoms. The molecule has 0 saturated carbocycles. The van der Waals surface area contributed by atoms with Crippen molar-refractivity contribution < 1.29 is 9.66 Å². The Bertz CT molecular complexity index is 645. The number of hydrogen-bond donors (Lipinski definition) is 2. The maximum absolute atomic E-state index is 10.6. The zero-order valence-electron chi connectivity index (χ0n) is 12.2. The number of nitrogens with two attached hydrogens (primary N) is 1. The molecular weight excluding hydrogens is 286 g/mol. The number of hydrogen-bond acceptors (Lipinski definition) is 7. The molecule has 3 N–H and O–H groups in total. The van der Waals surface area contributed by atoms with Gasteiger partial charge in [-0.2, -0.15) is 4.98 Å². The van der Waals surface area contributed by atoms with Crippen LogP contribution in [-0.2, 0) is 6.42 Å². The van der Waals surface area contributed by atoms with Crippen LogP contribution in [0, 0.1) is 10.1 Å². The average molecular weight is 303 g/mol. The van der Waals surface area contributed by atoms with E-state index >= 15 is 0 Å². The van der Waals surface area contributed by atoms with Gasteiger partial charge in [-0.1, -0.05) is 12.1 Å². The van der Waals surface area contributed by atoms with Crippen LogP contribution in [0.5, 0.6) is 5.75 Å². The number of aromatic nitrogens is 2. The quantitative estimate of drug-likeness (QED) is 0.456. The van der Waals surface area contributed by atoms with Gasteiger partial charge in [0.25, 0.3) is 0 Å². The Hall–Kier alpha value is -2.90. The van der Waals surface area contributed by atoms with Gasteiger partial charge in [-0.3, -0.25) is 10.1 Å². The van der Waals surface area contributed by atoms with Crippen molar-refractivity contribution in [1.82, 2.24) is 9.97 Å². The normalized spacial score (nSPS) is 10.2. The van der Waals surface area contributed by atoms with Gasteiger partial charge in [0.2, 0.25) is 11.8 Å². The van der Waals surface area contributed by atoms with Gasteiger partial charge in [-0.05, 0) is 30.5 Å². The van der Waals surface area contributed by atoms with Crippen molar-refractivity contribution >= 4 is 17.5 Å². The van der Waals surface area contributed by atoms with Gasteiger partial charge in [-0.15, -0.1) is 0 Å². The predicted octanol–water partition coefficient (Wildman–Crippen LogP) is 2.02. The molecule has 116 valence electrons. The number of benzene rings is 1. The summed E-state index contributed by atoms with van der Waals surface area (Å²) in [6, 6.07) is 7.87. The van der Waals surface area contributed by atoms with Gasteiger partial charge in [-0.25, -0.2) is 4.98 Å². The molecule has 0 aliphatic rings. The Morgan fingerprint density at radius 2 is 2.09 bits per heavy atom. The van der Waals surface area contributed by atoms with Crippen molar-refractivity contribution in [3.63, 3.8) is 0 Å². The first-order chi connectivity index (χ1) is 10.6. The van der Waals surface area contributed by atoms with Gasteiger partial charge in [0, 0.05) is 6.54 Å². The summed E-state index contributed by atoms with van der Waals surface area (Å²) in [5.74, 6) is 0.979. The molecule has 0 atom stereocenters. The lowest BCUT2D eigenvalue weighted by Gasteiger charge is -2.06. The van der Waals surface area contributed by atoms with Gasteiger partial charge in [0.05, 0.1) is 12.0 Å². The smallest absolute Gasteiger partial charge is 0.329 e. The number of nitrogen functional groups attached to an aromatic ring is 1. The van der Waals surface area contributed by atoms with Crippen LogP contribution in [0.3, 0.4) is 0 Å². The zero-order valence-corrected chi connectivity index (χ0v) is 12.2. The summed E-state index contributed by atoms with van der Waals surface area (Å²) < 4.78 is 5.10. The van der Waals surface area contributed by atoms with Gasteiger partial charge in [0.15, 0.2) is 0 Å². The fourth-order valence-corrected chi connectivity index (χ4v) is 1.90. The number of rotatable bonds is 7. The Morgan fingerprint density at radius 3 is 2.68 bits per heavy atom. The van der Waals surface area contributed by atoms with E-state index in [1.807, 2.05) is 24.3 Å². The number of nitro groups is 1. The molecule has 1 aromatic heterocycles. The molecule has 0 unspecified atom stereocenters. The minimum Gasteiger partial charge on any atom is -0.497 e. The van der Waals surface area contributed by atoms with Crippen molar-refractivity contribution in [2.45, 2.75) is 12.8 Å². The standard InChI is InChI=1S/C14H17N5O3/c1-22-11-6-4-10(5-7-11)3-2-8-16-14-17-9-12(19(20)21)13(15)18-14/h4-7,9H,2-3,8H2,1H3,(H3,15,16,17,18). The largest absolute Gasteiger partial charge is 0.497 e. The molecule has 22 heavy (non-hydrogen) atoms. The summed E-state index contributed by atoms with van der Waals surface area (Å²) in [6.45, 7) is 0.642. The Kier molecular flexibility index (Phi) is 5.07. The van der Waals surface area contributed by atoms with E-state index in [1.54, 1.807) is 7.11 Å². The first-order valence-corrected chi connectivity index (χ1v) is 6.74. The van der Waals surface area contributed by atoms with Crippen LogP contribution in [-0.4, -0.2) is 28.5 Å². The summed E-state index contributed by atoms with van der Waals surface area (Å²) >= 11 is 0. The highest BCUT2D eigenvalue weighted by atomic mass is 16.6. The van der Waals surface area contributed by atoms with Crippen LogP contribution in [0.4, 0.5) is 17.5 Å². The van der Waals surface area contributed by atoms with Crippen LogP contribution < -0.4 is 15.8 Å². The van der Waals surface area contributed by atoms with E-state index < -0.39 is 4.92 Å². The van der Waals surface area contributed by atoms with Crippen molar-refractivity contribution in [2.24, 2.45) is 0 Å². The maximum Gasteiger partial charge on any atom is 0.329 e. The molecule has 1 aromatic carbocycles. The molecule has 0 bridgehead atoms. The van der Waals surface area contributed by atoms with Crippen LogP contribution in [0.25, 0.3) is 0 Å². The summed E-state index contributed by atoms with van der Waals surface area (Å²) in [6.07, 6.45) is 2.86. The van der Waals surface area contributed by atoms with Crippen LogP contribution in [0.2, 0.25) is 0 Å². The second-order valence-electron chi connectivity index (χ2n) is 4.60. The van der Waals surface area contributed by atoms with E-state index in [0.717, 1.165) is 24.8 Å². The first-order valence-electron chi connectivity index (χ1n) is 6.74. The minimum atomic E-state index is -0.608. The fourth-order valence-electron chi connectivity index (χ4n) is 1.90. The number of ether oxygens (including phenoxy) is 1. The van der Waals surface area contributed by atoms with Crippen LogP contribution in [0.1, 0.15) is 12.0 Å². The van der Waals surface area contributed by atoms with E-state index in [1.165, 1.54) is 5.56 Å². The van der Waals surface area contributed by atoms with Crippen molar-refractivity contribution in [3.05, 3.63) is 46.1 Å². The van der Waals surface area contributed by atoms with Crippen molar-refractivity contribution in [1.29, 1.82) is 0 Å². The van der Waals surface area contributed by atoms with Crippen LogP contribution in [0.15, 0.2) is 30.5 Å². The van der Waals surface area contributed by atoms with Gasteiger partial charge in [0.1, 0.15) is 11.9 Å². The van der Waals surface area contributed by atoms with Crippen LogP contribution >= 0.6 is 0 Å². The number of methoxy groups -OCH3 is 1. The SMILES string of the molecule is COc1ccc(CCCNc2ncc([N+](=O)[O-])c(N)n2)cc1. The summed E-state index contributed by atoms with van der Waals surface area (Å²) in [5, 5.41) is 13.6. The second kappa shape index (κ2) is 7.21.